The van der Waals surface area contributed by atoms with Gasteiger partial charge < -0.3 is 33.3 Å². The Kier molecular flexibility index (Phi) is 66.8. The summed E-state index contributed by atoms with van der Waals surface area (Å²) in [5.41, 5.74) is 0. The topological polar surface area (TPSA) is 111 Å². The lowest BCUT2D eigenvalue weighted by molar-refractivity contribution is -0.870. The Labute approximate surface area is 559 Å². The van der Waals surface area contributed by atoms with Crippen LogP contribution in [-0.4, -0.2) is 82.3 Å². The van der Waals surface area contributed by atoms with Gasteiger partial charge in [-0.25, -0.2) is 0 Å². The molecule has 0 saturated carbocycles. The summed E-state index contributed by atoms with van der Waals surface area (Å²) in [7, 11) is 5.92. The van der Waals surface area contributed by atoms with Gasteiger partial charge in [0.15, 0.2) is 12.4 Å². The Balaban J connectivity index is 4.14. The van der Waals surface area contributed by atoms with Crippen LogP contribution in [0.2, 0.25) is 0 Å². The average Bonchev–Trinajstić information content (AvgIpc) is 3.65. The molecule has 0 spiro atoms. The molecule has 0 aromatic carbocycles. The Morgan fingerprint density at radius 1 is 0.330 bits per heavy atom. The molecular formula is C82H135NO8. The molecule has 0 amide bonds. The van der Waals surface area contributed by atoms with E-state index in [0.29, 0.717) is 17.4 Å². The summed E-state index contributed by atoms with van der Waals surface area (Å²) in [5.74, 6) is -2.31. The number of carbonyl (C=O) groups is 3. The maximum atomic E-state index is 12.9. The number of hydrogen-bond acceptors (Lipinski definition) is 8. The number of nitrogens with zero attached hydrogens (tertiary/aromatic N) is 1. The lowest BCUT2D eigenvalue weighted by Crippen LogP contribution is -2.44. The van der Waals surface area contributed by atoms with Gasteiger partial charge in [-0.2, -0.15) is 0 Å². The molecule has 91 heavy (non-hydrogen) atoms. The average molecular weight is 1260 g/mol. The molecule has 0 N–H and O–H groups in total. The van der Waals surface area contributed by atoms with Crippen LogP contribution in [0.4, 0.5) is 0 Å². The van der Waals surface area contributed by atoms with E-state index in [0.717, 1.165) is 141 Å². The fraction of sp³-hybridized carbons (Fsp3) is 0.646. The van der Waals surface area contributed by atoms with Crippen LogP contribution >= 0.6 is 0 Å². The summed E-state index contributed by atoms with van der Waals surface area (Å²) in [6, 6.07) is 0. The lowest BCUT2D eigenvalue weighted by atomic mass is 10.0. The van der Waals surface area contributed by atoms with Gasteiger partial charge in [-0.05, 0) is 122 Å². The minimum Gasteiger partial charge on any atom is -0.545 e. The van der Waals surface area contributed by atoms with Crippen molar-refractivity contribution < 1.29 is 42.9 Å². The summed E-state index contributed by atoms with van der Waals surface area (Å²) in [4.78, 5) is 37.5. The molecule has 516 valence electrons. The molecule has 0 rings (SSSR count). The predicted molar refractivity (Wildman–Crippen MR) is 389 cm³/mol. The maximum Gasteiger partial charge on any atom is 0.306 e. The zero-order valence-electron chi connectivity index (χ0n) is 58.9. The van der Waals surface area contributed by atoms with Gasteiger partial charge >= 0.3 is 11.9 Å². The zero-order chi connectivity index (χ0) is 66.1. The van der Waals surface area contributed by atoms with Crippen LogP contribution in [0.1, 0.15) is 284 Å². The Hall–Kier alpha value is -5.09. The molecule has 0 aromatic rings. The van der Waals surface area contributed by atoms with E-state index in [1.54, 1.807) is 0 Å². The van der Waals surface area contributed by atoms with Crippen LogP contribution < -0.4 is 5.11 Å². The first-order valence-electron chi connectivity index (χ1n) is 36.6. The zero-order valence-corrected chi connectivity index (χ0v) is 58.9. The van der Waals surface area contributed by atoms with Crippen LogP contribution in [0.3, 0.4) is 0 Å². The Bertz CT molecular complexity index is 2060. The van der Waals surface area contributed by atoms with Crippen molar-refractivity contribution in [2.24, 2.45) is 0 Å². The molecular weight excluding hydrogens is 1130 g/mol. The number of carbonyl (C=O) groups excluding carboxylic acids is 3. The first-order chi connectivity index (χ1) is 44.6. The normalized spacial score (nSPS) is 13.6. The molecule has 2 atom stereocenters. The van der Waals surface area contributed by atoms with E-state index < -0.39 is 24.3 Å². The van der Waals surface area contributed by atoms with Gasteiger partial charge in [0.25, 0.3) is 0 Å². The third-order valence-electron chi connectivity index (χ3n) is 15.3. The summed E-state index contributed by atoms with van der Waals surface area (Å²) >= 11 is 0. The van der Waals surface area contributed by atoms with Crippen molar-refractivity contribution in [1.29, 1.82) is 0 Å². The van der Waals surface area contributed by atoms with Gasteiger partial charge in [0.05, 0.1) is 40.3 Å². The van der Waals surface area contributed by atoms with Gasteiger partial charge in [-0.15, -0.1) is 0 Å². The number of aliphatic carboxylic acids is 1. The highest BCUT2D eigenvalue weighted by Crippen LogP contribution is 2.17. The van der Waals surface area contributed by atoms with Gasteiger partial charge in [-0.3, -0.25) is 9.59 Å². The van der Waals surface area contributed by atoms with Gasteiger partial charge in [0, 0.05) is 12.8 Å². The molecule has 0 heterocycles. The van der Waals surface area contributed by atoms with E-state index >= 15 is 0 Å². The minimum atomic E-state index is -1.64. The number of rotatable bonds is 66. The standard InChI is InChI=1S/C82H135NO8/c1-6-8-10-12-14-16-18-20-22-24-26-28-30-32-34-36-38-39-40-41-43-44-46-48-50-52-54-56-58-60-62-64-66-68-70-72-79(84)89-76-78(77-90-82(81(86)87)88-75-74-83(3,4)5)91-80(85)73-71-69-67-65-63-61-59-57-55-53-51-49-47-45-42-37-35-33-31-29-27-25-23-21-19-17-15-13-11-9-7-2/h8-11,14-17,20-23,26-29,32-35,42,45,49,51,55,57,78,82H,6-7,12-13,18-19,24-25,30-31,36-41,43-44,46-48,50,52-54,56,58-77H2,1-5H3/b10-8-,11-9-,16-14-,17-15-,22-20-,23-21-,28-26-,29-27-,34-32-,35-33-,45-42-,51-49-,57-55-. The fourth-order valence-electron chi connectivity index (χ4n) is 9.76. The van der Waals surface area contributed by atoms with E-state index in [4.69, 9.17) is 18.9 Å². The number of quaternary nitrogens is 1. The highest BCUT2D eigenvalue weighted by atomic mass is 16.7. The third-order valence-corrected chi connectivity index (χ3v) is 15.3. The fourth-order valence-corrected chi connectivity index (χ4v) is 9.76. The number of ether oxygens (including phenoxy) is 4. The van der Waals surface area contributed by atoms with Crippen LogP contribution in [0.15, 0.2) is 158 Å². The molecule has 9 nitrogen and oxygen atoms in total. The molecule has 9 heteroatoms. The molecule has 0 bridgehead atoms. The SMILES string of the molecule is CC/C=C\C/C=C\C/C=C\C/C=C\C/C=C\C/C=C\C/C=C\C/C=C\CCCCCCCCC(=O)OC(COC(=O)CCCCCCCCCCCCCCCCCCCCC/C=C\C/C=C\C/C=C\C/C=C\C/C=C\CC)COC(OCC[N+](C)(C)C)C(=O)[O-]. The number of carboxylic acid groups (broad SMARTS) is 1. The van der Waals surface area contributed by atoms with E-state index in [9.17, 15) is 19.5 Å². The Morgan fingerprint density at radius 3 is 0.879 bits per heavy atom. The van der Waals surface area contributed by atoms with Crippen molar-refractivity contribution in [3.63, 3.8) is 0 Å². The summed E-state index contributed by atoms with van der Waals surface area (Å²) in [6.45, 7) is 4.51. The molecule has 0 aliphatic rings. The van der Waals surface area contributed by atoms with Crippen LogP contribution in [0.5, 0.6) is 0 Å². The van der Waals surface area contributed by atoms with Crippen molar-refractivity contribution in [3.8, 4) is 0 Å². The smallest absolute Gasteiger partial charge is 0.306 e. The van der Waals surface area contributed by atoms with E-state index in [-0.39, 0.29) is 38.6 Å². The second-order valence-corrected chi connectivity index (χ2v) is 25.1. The highest BCUT2D eigenvalue weighted by Gasteiger charge is 2.22. The third kappa shape index (κ3) is 72.2. The molecule has 0 fully saturated rings. The van der Waals surface area contributed by atoms with Crippen molar-refractivity contribution in [2.75, 3.05) is 47.5 Å². The lowest BCUT2D eigenvalue weighted by Gasteiger charge is -2.26. The van der Waals surface area contributed by atoms with Gasteiger partial charge in [0.1, 0.15) is 13.2 Å². The van der Waals surface area contributed by atoms with Crippen LogP contribution in [-0.2, 0) is 33.3 Å². The first kappa shape index (κ1) is 85.9. The Morgan fingerprint density at radius 2 is 0.593 bits per heavy atom. The molecule has 0 aliphatic heterocycles. The van der Waals surface area contributed by atoms with Crippen molar-refractivity contribution in [1.82, 2.24) is 0 Å². The van der Waals surface area contributed by atoms with E-state index in [1.807, 2.05) is 21.1 Å². The van der Waals surface area contributed by atoms with Crippen molar-refractivity contribution in [2.45, 2.75) is 296 Å². The van der Waals surface area contributed by atoms with E-state index in [1.165, 1.54) is 109 Å². The summed E-state index contributed by atoms with van der Waals surface area (Å²) < 4.78 is 22.8. The van der Waals surface area contributed by atoms with Crippen molar-refractivity contribution in [3.05, 3.63) is 158 Å². The number of esters is 2. The van der Waals surface area contributed by atoms with E-state index in [2.05, 4.69) is 172 Å². The second kappa shape index (κ2) is 70.8. The number of carboxylic acids is 1. The quantitative estimate of drug-likeness (QED) is 0.0195. The second-order valence-electron chi connectivity index (χ2n) is 25.1. The monoisotopic (exact) mass is 1260 g/mol. The van der Waals surface area contributed by atoms with Gasteiger partial charge in [0.2, 0.25) is 0 Å². The van der Waals surface area contributed by atoms with Crippen molar-refractivity contribution >= 4 is 17.9 Å². The number of hydrogen-bond donors (Lipinski definition) is 0. The highest BCUT2D eigenvalue weighted by molar-refractivity contribution is 5.70. The number of unbranched alkanes of at least 4 members (excludes halogenated alkanes) is 25. The molecule has 0 saturated heterocycles. The maximum absolute atomic E-state index is 12.9. The minimum absolute atomic E-state index is 0.138. The number of allylic oxidation sites excluding steroid dienone is 26. The summed E-state index contributed by atoms with van der Waals surface area (Å²) in [6.07, 6.45) is 102. The summed E-state index contributed by atoms with van der Waals surface area (Å²) in [5, 5.41) is 11.8. The van der Waals surface area contributed by atoms with Crippen LogP contribution in [0, 0.1) is 0 Å². The predicted octanol–water partition coefficient (Wildman–Crippen LogP) is 21.9. The molecule has 2 unspecified atom stereocenters. The number of likely N-dealkylation sites (N-methyl/N-ethyl adjacent to an activating group) is 1. The first-order valence-corrected chi connectivity index (χ1v) is 36.6. The largest absolute Gasteiger partial charge is 0.545 e. The molecule has 0 aromatic heterocycles. The van der Waals surface area contributed by atoms with Crippen LogP contribution in [0.25, 0.3) is 0 Å². The molecule has 0 aliphatic carbocycles. The van der Waals surface area contributed by atoms with Gasteiger partial charge in [-0.1, -0.05) is 307 Å². The molecule has 0 radical (unpaired) electrons.